The Morgan fingerprint density at radius 1 is 0.889 bits per heavy atom. The number of rotatable bonds is 3. The summed E-state index contributed by atoms with van der Waals surface area (Å²) in [6.07, 6.45) is 0. The lowest BCUT2D eigenvalue weighted by atomic mass is 10.1. The Bertz CT molecular complexity index is 561. The summed E-state index contributed by atoms with van der Waals surface area (Å²) < 4.78 is 5.95. The molecular formula is C16H17ClO. The lowest BCUT2D eigenvalue weighted by Crippen LogP contribution is -1.91. The molecule has 94 valence electrons. The van der Waals surface area contributed by atoms with Crippen molar-refractivity contribution in [2.45, 2.75) is 26.7 Å². The largest absolute Gasteiger partial charge is 0.457 e. The maximum absolute atomic E-state index is 5.95. The molecule has 0 unspecified atom stereocenters. The molecule has 0 atom stereocenters. The topological polar surface area (TPSA) is 9.23 Å². The molecule has 2 heteroatoms. The zero-order chi connectivity index (χ0) is 13.1. The van der Waals surface area contributed by atoms with Crippen LogP contribution >= 0.6 is 11.6 Å². The first-order valence-corrected chi connectivity index (χ1v) is 6.54. The number of ether oxygens (including phenoxy) is 1. The van der Waals surface area contributed by atoms with E-state index in [4.69, 9.17) is 16.3 Å². The van der Waals surface area contributed by atoms with E-state index in [9.17, 15) is 0 Å². The van der Waals surface area contributed by atoms with E-state index in [1.807, 2.05) is 25.1 Å². The van der Waals surface area contributed by atoms with Crippen molar-refractivity contribution in [3.8, 4) is 11.5 Å². The Morgan fingerprint density at radius 2 is 1.50 bits per heavy atom. The maximum Gasteiger partial charge on any atom is 0.130 e. The number of aryl methyl sites for hydroxylation is 3. The first-order valence-electron chi connectivity index (χ1n) is 6.01. The molecule has 0 aromatic heterocycles. The number of alkyl halides is 1. The highest BCUT2D eigenvalue weighted by molar-refractivity contribution is 6.17. The van der Waals surface area contributed by atoms with Gasteiger partial charge in [0.15, 0.2) is 0 Å². The molecule has 1 nitrogen and oxygen atoms in total. The maximum atomic E-state index is 5.95. The van der Waals surface area contributed by atoms with Gasteiger partial charge in [-0.25, -0.2) is 0 Å². The fourth-order valence-electron chi connectivity index (χ4n) is 1.94. The van der Waals surface area contributed by atoms with Crippen LogP contribution < -0.4 is 4.74 Å². The lowest BCUT2D eigenvalue weighted by molar-refractivity contribution is 0.475. The van der Waals surface area contributed by atoms with Crippen molar-refractivity contribution in [3.63, 3.8) is 0 Å². The van der Waals surface area contributed by atoms with E-state index in [1.165, 1.54) is 5.56 Å². The van der Waals surface area contributed by atoms with Gasteiger partial charge in [0, 0.05) is 5.88 Å². The molecule has 0 N–H and O–H groups in total. The van der Waals surface area contributed by atoms with Gasteiger partial charge in [0.2, 0.25) is 0 Å². The van der Waals surface area contributed by atoms with Crippen molar-refractivity contribution in [2.24, 2.45) is 0 Å². The summed E-state index contributed by atoms with van der Waals surface area (Å²) in [5.74, 6) is 2.32. The van der Waals surface area contributed by atoms with Crippen molar-refractivity contribution in [1.82, 2.24) is 0 Å². The fraction of sp³-hybridized carbons (Fsp3) is 0.250. The summed E-state index contributed by atoms with van der Waals surface area (Å²) in [7, 11) is 0. The van der Waals surface area contributed by atoms with Crippen LogP contribution in [0.25, 0.3) is 0 Å². The molecule has 0 bridgehead atoms. The molecule has 0 saturated carbocycles. The van der Waals surface area contributed by atoms with Crippen LogP contribution in [0, 0.1) is 20.8 Å². The average molecular weight is 261 g/mol. The summed E-state index contributed by atoms with van der Waals surface area (Å²) >= 11 is 5.81. The van der Waals surface area contributed by atoms with E-state index in [-0.39, 0.29) is 0 Å². The van der Waals surface area contributed by atoms with Crippen LogP contribution in [0.1, 0.15) is 22.3 Å². The summed E-state index contributed by atoms with van der Waals surface area (Å²) in [5.41, 5.74) is 4.61. The summed E-state index contributed by atoms with van der Waals surface area (Å²) in [4.78, 5) is 0. The summed E-state index contributed by atoms with van der Waals surface area (Å²) in [6, 6.07) is 12.2. The minimum Gasteiger partial charge on any atom is -0.457 e. The molecule has 0 aliphatic rings. The van der Waals surface area contributed by atoms with E-state index in [0.29, 0.717) is 5.88 Å². The monoisotopic (exact) mass is 260 g/mol. The Labute approximate surface area is 113 Å². The van der Waals surface area contributed by atoms with Gasteiger partial charge in [-0.15, -0.1) is 11.6 Å². The minimum atomic E-state index is 0.532. The van der Waals surface area contributed by atoms with Gasteiger partial charge in [-0.1, -0.05) is 29.8 Å². The molecular weight excluding hydrogens is 244 g/mol. The van der Waals surface area contributed by atoms with Crippen LogP contribution in [0.15, 0.2) is 36.4 Å². The van der Waals surface area contributed by atoms with Gasteiger partial charge < -0.3 is 4.74 Å². The molecule has 0 fully saturated rings. The van der Waals surface area contributed by atoms with Crippen LogP contribution in [0.4, 0.5) is 0 Å². The Morgan fingerprint density at radius 3 is 2.06 bits per heavy atom. The van der Waals surface area contributed by atoms with E-state index in [1.54, 1.807) is 0 Å². The third kappa shape index (κ3) is 2.85. The highest BCUT2D eigenvalue weighted by Gasteiger charge is 2.05. The number of hydrogen-bond acceptors (Lipinski definition) is 1. The molecule has 0 spiro atoms. The van der Waals surface area contributed by atoms with Crippen molar-refractivity contribution in [1.29, 1.82) is 0 Å². The first-order chi connectivity index (χ1) is 8.60. The van der Waals surface area contributed by atoms with Gasteiger partial charge in [0.05, 0.1) is 0 Å². The quantitative estimate of drug-likeness (QED) is 0.694. The second kappa shape index (κ2) is 5.45. The number of hydrogen-bond donors (Lipinski definition) is 0. The normalized spacial score (nSPS) is 10.4. The van der Waals surface area contributed by atoms with Gasteiger partial charge in [-0.2, -0.15) is 0 Å². The second-order valence-electron chi connectivity index (χ2n) is 4.60. The van der Waals surface area contributed by atoms with Crippen LogP contribution in [-0.4, -0.2) is 0 Å². The Hall–Kier alpha value is -1.47. The number of halogens is 1. The number of benzene rings is 2. The standard InChI is InChI=1S/C16H17ClO/c1-11-4-6-15(12(2)8-11)18-16-7-5-14(10-17)9-13(16)3/h4-9H,10H2,1-3H3. The third-order valence-electron chi connectivity index (χ3n) is 2.94. The molecule has 0 saturated heterocycles. The van der Waals surface area contributed by atoms with Crippen LogP contribution in [0.2, 0.25) is 0 Å². The van der Waals surface area contributed by atoms with Crippen molar-refractivity contribution < 1.29 is 4.74 Å². The molecule has 2 aromatic carbocycles. The molecule has 0 aliphatic heterocycles. The zero-order valence-corrected chi connectivity index (χ0v) is 11.7. The minimum absolute atomic E-state index is 0.532. The van der Waals surface area contributed by atoms with Crippen molar-refractivity contribution >= 4 is 11.6 Å². The molecule has 0 amide bonds. The predicted octanol–water partition coefficient (Wildman–Crippen LogP) is 5.14. The molecule has 2 aromatic rings. The van der Waals surface area contributed by atoms with E-state index < -0.39 is 0 Å². The molecule has 18 heavy (non-hydrogen) atoms. The summed E-state index contributed by atoms with van der Waals surface area (Å²) in [5, 5.41) is 0. The Kier molecular flexibility index (Phi) is 3.93. The first kappa shape index (κ1) is 13.0. The SMILES string of the molecule is Cc1ccc(Oc2ccc(CCl)cc2C)c(C)c1. The predicted molar refractivity (Wildman–Crippen MR) is 76.7 cm³/mol. The van der Waals surface area contributed by atoms with E-state index in [2.05, 4.69) is 32.0 Å². The smallest absolute Gasteiger partial charge is 0.130 e. The van der Waals surface area contributed by atoms with Crippen molar-refractivity contribution in [2.75, 3.05) is 0 Å². The lowest BCUT2D eigenvalue weighted by Gasteiger charge is -2.12. The molecule has 0 aliphatic carbocycles. The van der Waals surface area contributed by atoms with Crippen LogP contribution in [0.5, 0.6) is 11.5 Å². The average Bonchev–Trinajstić information content (AvgIpc) is 2.34. The molecule has 2 rings (SSSR count). The molecule has 0 radical (unpaired) electrons. The van der Waals surface area contributed by atoms with Crippen molar-refractivity contribution in [3.05, 3.63) is 58.7 Å². The van der Waals surface area contributed by atoms with Gasteiger partial charge >= 0.3 is 0 Å². The van der Waals surface area contributed by atoms with Crippen LogP contribution in [-0.2, 0) is 5.88 Å². The summed E-state index contributed by atoms with van der Waals surface area (Å²) in [6.45, 7) is 6.18. The third-order valence-corrected chi connectivity index (χ3v) is 3.25. The highest BCUT2D eigenvalue weighted by Crippen LogP contribution is 2.28. The second-order valence-corrected chi connectivity index (χ2v) is 4.87. The van der Waals surface area contributed by atoms with Gasteiger partial charge in [0.1, 0.15) is 11.5 Å². The van der Waals surface area contributed by atoms with Crippen LogP contribution in [0.3, 0.4) is 0 Å². The highest BCUT2D eigenvalue weighted by atomic mass is 35.5. The fourth-order valence-corrected chi connectivity index (χ4v) is 2.11. The Balaban J connectivity index is 2.28. The van der Waals surface area contributed by atoms with E-state index >= 15 is 0 Å². The zero-order valence-electron chi connectivity index (χ0n) is 11.0. The molecule has 0 heterocycles. The van der Waals surface area contributed by atoms with Gasteiger partial charge in [-0.05, 0) is 49.6 Å². The van der Waals surface area contributed by atoms with E-state index in [0.717, 1.165) is 28.2 Å². The van der Waals surface area contributed by atoms with Gasteiger partial charge in [0.25, 0.3) is 0 Å². The van der Waals surface area contributed by atoms with Gasteiger partial charge in [-0.3, -0.25) is 0 Å².